The van der Waals surface area contributed by atoms with Crippen LogP contribution in [-0.4, -0.2) is 23.5 Å². The lowest BCUT2D eigenvalue weighted by molar-refractivity contribution is -0.122. The van der Waals surface area contributed by atoms with Crippen LogP contribution in [0, 0.1) is 0 Å². The summed E-state index contributed by atoms with van der Waals surface area (Å²) in [5.41, 5.74) is 0.879. The smallest absolute Gasteiger partial charge is 0.236 e. The molecule has 1 aromatic rings. The van der Waals surface area contributed by atoms with Crippen molar-refractivity contribution in [2.24, 2.45) is 0 Å². The largest absolute Gasteiger partial charge is 0.355 e. The van der Waals surface area contributed by atoms with E-state index in [1.165, 1.54) is 0 Å². The maximum Gasteiger partial charge on any atom is 0.236 e. The van der Waals surface area contributed by atoms with Gasteiger partial charge in [-0.2, -0.15) is 0 Å². The zero-order valence-corrected chi connectivity index (χ0v) is 12.9. The highest BCUT2D eigenvalue weighted by Gasteiger charge is 2.11. The van der Waals surface area contributed by atoms with Crippen LogP contribution in [0.25, 0.3) is 0 Å². The molecular formula is C11H15Br2N3O. The number of carbonyl (C=O) groups is 1. The third kappa shape index (κ3) is 4.73. The molecule has 94 valence electrons. The Balaban J connectivity index is 2.52. The summed E-state index contributed by atoms with van der Waals surface area (Å²) in [7, 11) is 0. The van der Waals surface area contributed by atoms with E-state index < -0.39 is 0 Å². The Kier molecular flexibility index (Phi) is 6.08. The van der Waals surface area contributed by atoms with E-state index in [9.17, 15) is 4.79 Å². The topological polar surface area (TPSA) is 54.0 Å². The summed E-state index contributed by atoms with van der Waals surface area (Å²) >= 11 is 6.77. The highest BCUT2D eigenvalue weighted by atomic mass is 79.9. The van der Waals surface area contributed by atoms with Gasteiger partial charge in [0.1, 0.15) is 0 Å². The average molecular weight is 365 g/mol. The molecule has 0 radical (unpaired) electrons. The summed E-state index contributed by atoms with van der Waals surface area (Å²) in [4.78, 5) is 15.8. The number of rotatable bonds is 5. The molecule has 1 aromatic heterocycles. The minimum absolute atomic E-state index is 0.000680. The van der Waals surface area contributed by atoms with Gasteiger partial charge in [-0.1, -0.05) is 0 Å². The van der Waals surface area contributed by atoms with E-state index in [4.69, 9.17) is 0 Å². The number of carbonyl (C=O) groups excluding carboxylic acids is 1. The van der Waals surface area contributed by atoms with E-state index in [0.29, 0.717) is 13.1 Å². The second kappa shape index (κ2) is 7.08. The predicted molar refractivity (Wildman–Crippen MR) is 74.6 cm³/mol. The molecule has 1 rings (SSSR count). The Hall–Kier alpha value is -0.460. The van der Waals surface area contributed by atoms with Crippen molar-refractivity contribution in [3.05, 3.63) is 26.9 Å². The lowest BCUT2D eigenvalue weighted by Gasteiger charge is -2.13. The normalized spacial score (nSPS) is 12.2. The number of amides is 1. The summed E-state index contributed by atoms with van der Waals surface area (Å²) in [5, 5.41) is 5.89. The van der Waals surface area contributed by atoms with Crippen LogP contribution in [-0.2, 0) is 11.3 Å². The second-order valence-corrected chi connectivity index (χ2v) is 5.35. The average Bonchev–Trinajstić information content (AvgIpc) is 2.27. The second-order valence-electron chi connectivity index (χ2n) is 3.58. The first kappa shape index (κ1) is 14.6. The SMILES string of the molecule is CCNC(=O)C(C)NCc1ncc(Br)cc1Br. The fourth-order valence-corrected chi connectivity index (χ4v) is 2.37. The zero-order chi connectivity index (χ0) is 12.8. The lowest BCUT2D eigenvalue weighted by Crippen LogP contribution is -2.41. The molecule has 0 spiro atoms. The summed E-state index contributed by atoms with van der Waals surface area (Å²) in [6.45, 7) is 4.92. The van der Waals surface area contributed by atoms with Gasteiger partial charge in [-0.15, -0.1) is 0 Å². The molecule has 0 aliphatic carbocycles. The van der Waals surface area contributed by atoms with Gasteiger partial charge in [0, 0.05) is 28.2 Å². The van der Waals surface area contributed by atoms with Crippen LogP contribution >= 0.6 is 31.9 Å². The fraction of sp³-hybridized carbons (Fsp3) is 0.455. The maximum absolute atomic E-state index is 11.5. The molecule has 0 aliphatic heterocycles. The third-order valence-electron chi connectivity index (χ3n) is 2.20. The minimum atomic E-state index is -0.229. The van der Waals surface area contributed by atoms with Gasteiger partial charge in [-0.3, -0.25) is 9.78 Å². The molecule has 1 unspecified atom stereocenters. The van der Waals surface area contributed by atoms with Crippen LogP contribution in [0.1, 0.15) is 19.5 Å². The maximum atomic E-state index is 11.5. The summed E-state index contributed by atoms with van der Waals surface area (Å²) in [5.74, 6) is 0.000680. The molecule has 1 heterocycles. The van der Waals surface area contributed by atoms with E-state index >= 15 is 0 Å². The quantitative estimate of drug-likeness (QED) is 0.842. The molecule has 1 atom stereocenters. The number of nitrogens with zero attached hydrogens (tertiary/aromatic N) is 1. The van der Waals surface area contributed by atoms with Crippen molar-refractivity contribution >= 4 is 37.8 Å². The Bertz CT molecular complexity index is 398. The van der Waals surface area contributed by atoms with Gasteiger partial charge in [0.25, 0.3) is 0 Å². The Morgan fingerprint density at radius 1 is 1.53 bits per heavy atom. The summed E-state index contributed by atoms with van der Waals surface area (Å²) < 4.78 is 1.84. The molecule has 0 saturated heterocycles. The van der Waals surface area contributed by atoms with Gasteiger partial charge in [-0.25, -0.2) is 0 Å². The van der Waals surface area contributed by atoms with Crippen molar-refractivity contribution in [2.45, 2.75) is 26.4 Å². The molecule has 0 aliphatic rings. The first-order valence-corrected chi connectivity index (χ1v) is 6.94. The van der Waals surface area contributed by atoms with Crippen molar-refractivity contribution in [3.63, 3.8) is 0 Å². The predicted octanol–water partition coefficient (Wildman–Crippen LogP) is 2.22. The Morgan fingerprint density at radius 2 is 2.24 bits per heavy atom. The molecule has 0 saturated carbocycles. The third-order valence-corrected chi connectivity index (χ3v) is 3.32. The van der Waals surface area contributed by atoms with Gasteiger partial charge < -0.3 is 10.6 Å². The standard InChI is InChI=1S/C11H15Br2N3O/c1-3-14-11(17)7(2)15-6-10-9(13)4-8(12)5-16-10/h4-5,7,15H,3,6H2,1-2H3,(H,14,17). The van der Waals surface area contributed by atoms with Crippen molar-refractivity contribution in [1.82, 2.24) is 15.6 Å². The number of halogens is 2. The van der Waals surface area contributed by atoms with Crippen LogP contribution in [0.15, 0.2) is 21.2 Å². The van der Waals surface area contributed by atoms with E-state index in [1.54, 1.807) is 6.20 Å². The number of aromatic nitrogens is 1. The monoisotopic (exact) mass is 363 g/mol. The summed E-state index contributed by atoms with van der Waals surface area (Å²) in [6.07, 6.45) is 1.73. The van der Waals surface area contributed by atoms with E-state index in [1.807, 2.05) is 19.9 Å². The van der Waals surface area contributed by atoms with Crippen molar-refractivity contribution < 1.29 is 4.79 Å². The highest BCUT2D eigenvalue weighted by Crippen LogP contribution is 2.19. The summed E-state index contributed by atoms with van der Waals surface area (Å²) in [6, 6.07) is 1.70. The van der Waals surface area contributed by atoms with Crippen LogP contribution in [0.3, 0.4) is 0 Å². The molecule has 6 heteroatoms. The molecular weight excluding hydrogens is 350 g/mol. The number of nitrogens with one attached hydrogen (secondary N) is 2. The molecule has 17 heavy (non-hydrogen) atoms. The molecule has 2 N–H and O–H groups in total. The van der Waals surface area contributed by atoms with Gasteiger partial charge in [0.05, 0.1) is 11.7 Å². The minimum Gasteiger partial charge on any atom is -0.355 e. The fourth-order valence-electron chi connectivity index (χ4n) is 1.24. The number of hydrogen-bond donors (Lipinski definition) is 2. The lowest BCUT2D eigenvalue weighted by atomic mass is 10.3. The Morgan fingerprint density at radius 3 is 2.82 bits per heavy atom. The van der Waals surface area contributed by atoms with Crippen molar-refractivity contribution in [1.29, 1.82) is 0 Å². The number of likely N-dealkylation sites (N-methyl/N-ethyl adjacent to an activating group) is 1. The van der Waals surface area contributed by atoms with Crippen molar-refractivity contribution in [3.8, 4) is 0 Å². The van der Waals surface area contributed by atoms with Gasteiger partial charge in [0.15, 0.2) is 0 Å². The molecule has 1 amide bonds. The number of pyridine rings is 1. The first-order valence-electron chi connectivity index (χ1n) is 5.35. The highest BCUT2D eigenvalue weighted by molar-refractivity contribution is 9.11. The van der Waals surface area contributed by atoms with Gasteiger partial charge >= 0.3 is 0 Å². The zero-order valence-electron chi connectivity index (χ0n) is 9.76. The van der Waals surface area contributed by atoms with Gasteiger partial charge in [0.2, 0.25) is 5.91 Å². The van der Waals surface area contributed by atoms with E-state index in [-0.39, 0.29) is 11.9 Å². The number of hydrogen-bond acceptors (Lipinski definition) is 3. The van der Waals surface area contributed by atoms with Crippen LogP contribution in [0.4, 0.5) is 0 Å². The first-order chi connectivity index (χ1) is 8.04. The Labute approximate surface area is 118 Å². The van der Waals surface area contributed by atoms with Crippen LogP contribution in [0.2, 0.25) is 0 Å². The molecule has 0 bridgehead atoms. The molecule has 4 nitrogen and oxygen atoms in total. The molecule has 0 fully saturated rings. The van der Waals surface area contributed by atoms with E-state index in [2.05, 4.69) is 47.5 Å². The van der Waals surface area contributed by atoms with Gasteiger partial charge in [-0.05, 0) is 51.8 Å². The van der Waals surface area contributed by atoms with E-state index in [0.717, 1.165) is 14.6 Å². The van der Waals surface area contributed by atoms with Crippen molar-refractivity contribution in [2.75, 3.05) is 6.54 Å². The molecule has 0 aromatic carbocycles. The van der Waals surface area contributed by atoms with Crippen LogP contribution < -0.4 is 10.6 Å². The van der Waals surface area contributed by atoms with Crippen LogP contribution in [0.5, 0.6) is 0 Å².